The number of benzene rings is 2. The van der Waals surface area contributed by atoms with E-state index in [9.17, 15) is 4.79 Å². The van der Waals surface area contributed by atoms with Gasteiger partial charge in [0.1, 0.15) is 11.3 Å². The largest absolute Gasteiger partial charge is 0.478 e. The minimum Gasteiger partial charge on any atom is -0.478 e. The number of imidazole rings is 1. The van der Waals surface area contributed by atoms with Crippen molar-refractivity contribution in [1.29, 1.82) is 0 Å². The van der Waals surface area contributed by atoms with Crippen LogP contribution in [0.2, 0.25) is 0 Å². The molecule has 2 aromatic carbocycles. The number of carbonyl (C=O) groups is 1. The number of aromatic nitrogens is 2. The molecule has 3 aromatic rings. The van der Waals surface area contributed by atoms with Crippen LogP contribution < -0.4 is 0 Å². The molecular weight excluding hydrogens is 308 g/mol. The summed E-state index contributed by atoms with van der Waals surface area (Å²) >= 11 is 3.41. The van der Waals surface area contributed by atoms with Crippen LogP contribution in [0.4, 0.5) is 0 Å². The maximum absolute atomic E-state index is 11.2. The van der Waals surface area contributed by atoms with Crippen molar-refractivity contribution < 1.29 is 9.90 Å². The van der Waals surface area contributed by atoms with E-state index >= 15 is 0 Å². The summed E-state index contributed by atoms with van der Waals surface area (Å²) in [6.07, 6.45) is 0. The fraction of sp³-hybridized carbons (Fsp3) is 0. The molecule has 0 aliphatic carbocycles. The number of fused-ring (bicyclic) bond motifs is 1. The molecule has 0 fully saturated rings. The Morgan fingerprint density at radius 1 is 1.21 bits per heavy atom. The monoisotopic (exact) mass is 316 g/mol. The van der Waals surface area contributed by atoms with Gasteiger partial charge in [0.15, 0.2) is 0 Å². The predicted molar refractivity (Wildman–Crippen MR) is 76.2 cm³/mol. The van der Waals surface area contributed by atoms with E-state index in [0.29, 0.717) is 11.3 Å². The quantitative estimate of drug-likeness (QED) is 0.757. The first-order valence-corrected chi connectivity index (χ1v) is 6.42. The standard InChI is InChI=1S/C14H9BrN2O2/c15-9-4-1-3-8(7-9)13-16-11-6-2-5-10(14(18)19)12(11)17-13/h1-7H,(H,16,17)(H,18,19). The molecule has 0 saturated carbocycles. The third-order valence-electron chi connectivity index (χ3n) is 2.84. The van der Waals surface area contributed by atoms with Crippen molar-refractivity contribution in [2.75, 3.05) is 0 Å². The molecule has 0 aliphatic rings. The molecule has 0 unspecified atom stereocenters. The van der Waals surface area contributed by atoms with Crippen LogP contribution in [0.3, 0.4) is 0 Å². The number of aromatic carboxylic acids is 1. The van der Waals surface area contributed by atoms with Gasteiger partial charge in [-0.05, 0) is 24.3 Å². The second-order valence-corrected chi connectivity index (χ2v) is 5.02. The molecule has 1 heterocycles. The Bertz CT molecular complexity index is 780. The van der Waals surface area contributed by atoms with Crippen molar-refractivity contribution in [3.8, 4) is 11.4 Å². The third-order valence-corrected chi connectivity index (χ3v) is 3.33. The van der Waals surface area contributed by atoms with Crippen molar-refractivity contribution in [3.63, 3.8) is 0 Å². The second-order valence-electron chi connectivity index (χ2n) is 4.10. The Hall–Kier alpha value is -2.14. The first-order chi connectivity index (χ1) is 9.15. The molecule has 94 valence electrons. The van der Waals surface area contributed by atoms with Crippen LogP contribution in [-0.2, 0) is 0 Å². The van der Waals surface area contributed by atoms with Gasteiger partial charge in [-0.15, -0.1) is 0 Å². The van der Waals surface area contributed by atoms with Gasteiger partial charge in [-0.3, -0.25) is 0 Å². The highest BCUT2D eigenvalue weighted by atomic mass is 79.9. The van der Waals surface area contributed by atoms with E-state index < -0.39 is 5.97 Å². The van der Waals surface area contributed by atoms with Gasteiger partial charge in [0, 0.05) is 10.0 Å². The summed E-state index contributed by atoms with van der Waals surface area (Å²) in [6, 6.07) is 12.8. The normalized spacial score (nSPS) is 10.8. The Kier molecular flexibility index (Phi) is 2.83. The topological polar surface area (TPSA) is 66.0 Å². The maximum atomic E-state index is 11.2. The Morgan fingerprint density at radius 3 is 2.74 bits per heavy atom. The molecular formula is C14H9BrN2O2. The molecule has 0 radical (unpaired) electrons. The second kappa shape index (κ2) is 4.51. The van der Waals surface area contributed by atoms with Crippen LogP contribution in [0.25, 0.3) is 22.4 Å². The van der Waals surface area contributed by atoms with Gasteiger partial charge in [-0.1, -0.05) is 34.1 Å². The number of rotatable bonds is 2. The van der Waals surface area contributed by atoms with Gasteiger partial charge in [0.05, 0.1) is 11.1 Å². The number of hydrogen-bond donors (Lipinski definition) is 2. The van der Waals surface area contributed by atoms with Crippen molar-refractivity contribution in [1.82, 2.24) is 9.97 Å². The van der Waals surface area contributed by atoms with Crippen molar-refractivity contribution in [3.05, 3.63) is 52.5 Å². The molecule has 0 spiro atoms. The molecule has 0 amide bonds. The lowest BCUT2D eigenvalue weighted by molar-refractivity contribution is 0.0699. The van der Waals surface area contributed by atoms with Crippen LogP contribution >= 0.6 is 15.9 Å². The zero-order valence-corrected chi connectivity index (χ0v) is 11.3. The molecule has 0 atom stereocenters. The molecule has 3 rings (SSSR count). The van der Waals surface area contributed by atoms with E-state index in [1.54, 1.807) is 12.1 Å². The number of nitrogens with one attached hydrogen (secondary N) is 1. The zero-order chi connectivity index (χ0) is 13.4. The fourth-order valence-electron chi connectivity index (χ4n) is 1.98. The lowest BCUT2D eigenvalue weighted by Gasteiger charge is -1.96. The van der Waals surface area contributed by atoms with E-state index in [2.05, 4.69) is 25.9 Å². The third kappa shape index (κ3) is 2.13. The average Bonchev–Trinajstić information content (AvgIpc) is 2.82. The summed E-state index contributed by atoms with van der Waals surface area (Å²) < 4.78 is 0.948. The number of aromatic amines is 1. The zero-order valence-electron chi connectivity index (χ0n) is 9.72. The lowest BCUT2D eigenvalue weighted by Crippen LogP contribution is -1.96. The lowest BCUT2D eigenvalue weighted by atomic mass is 10.2. The summed E-state index contributed by atoms with van der Waals surface area (Å²) in [7, 11) is 0. The van der Waals surface area contributed by atoms with Crippen LogP contribution in [-0.4, -0.2) is 21.0 Å². The predicted octanol–water partition coefficient (Wildman–Crippen LogP) is 3.69. The molecule has 0 aliphatic heterocycles. The van der Waals surface area contributed by atoms with E-state index in [1.807, 2.05) is 30.3 Å². The summed E-state index contributed by atoms with van der Waals surface area (Å²) in [4.78, 5) is 18.7. The number of hydrogen-bond acceptors (Lipinski definition) is 2. The Morgan fingerprint density at radius 2 is 2.00 bits per heavy atom. The molecule has 4 nitrogen and oxygen atoms in total. The number of halogens is 1. The SMILES string of the molecule is O=C(O)c1cccc2[nH]c(-c3cccc(Br)c3)nc12. The summed E-state index contributed by atoms with van der Waals surface area (Å²) in [6.45, 7) is 0. The number of nitrogens with zero attached hydrogens (tertiary/aromatic N) is 1. The first kappa shape index (κ1) is 11.9. The maximum Gasteiger partial charge on any atom is 0.337 e. The number of carboxylic acids is 1. The fourth-order valence-corrected chi connectivity index (χ4v) is 2.38. The highest BCUT2D eigenvalue weighted by Gasteiger charge is 2.13. The Labute approximate surface area is 117 Å². The summed E-state index contributed by atoms with van der Waals surface area (Å²) in [5.41, 5.74) is 2.30. The minimum atomic E-state index is -0.974. The molecule has 0 bridgehead atoms. The van der Waals surface area contributed by atoms with E-state index in [0.717, 1.165) is 15.6 Å². The van der Waals surface area contributed by atoms with Gasteiger partial charge in [0.2, 0.25) is 0 Å². The number of H-pyrrole nitrogens is 1. The first-order valence-electron chi connectivity index (χ1n) is 5.63. The average molecular weight is 317 g/mol. The van der Waals surface area contributed by atoms with E-state index in [1.165, 1.54) is 0 Å². The Balaban J connectivity index is 2.22. The highest BCUT2D eigenvalue weighted by molar-refractivity contribution is 9.10. The van der Waals surface area contributed by atoms with Gasteiger partial charge < -0.3 is 10.1 Å². The van der Waals surface area contributed by atoms with Crippen molar-refractivity contribution in [2.24, 2.45) is 0 Å². The van der Waals surface area contributed by atoms with Crippen LogP contribution in [0.15, 0.2) is 46.9 Å². The van der Waals surface area contributed by atoms with Crippen LogP contribution in [0, 0.1) is 0 Å². The van der Waals surface area contributed by atoms with Gasteiger partial charge >= 0.3 is 5.97 Å². The van der Waals surface area contributed by atoms with Crippen molar-refractivity contribution in [2.45, 2.75) is 0 Å². The smallest absolute Gasteiger partial charge is 0.337 e. The van der Waals surface area contributed by atoms with E-state index in [-0.39, 0.29) is 5.56 Å². The molecule has 0 saturated heterocycles. The molecule has 2 N–H and O–H groups in total. The minimum absolute atomic E-state index is 0.204. The summed E-state index contributed by atoms with van der Waals surface area (Å²) in [5.74, 6) is -0.317. The van der Waals surface area contributed by atoms with Gasteiger partial charge in [-0.25, -0.2) is 9.78 Å². The number of carboxylic acid groups (broad SMARTS) is 1. The van der Waals surface area contributed by atoms with Gasteiger partial charge in [0.25, 0.3) is 0 Å². The number of para-hydroxylation sites is 1. The highest BCUT2D eigenvalue weighted by Crippen LogP contribution is 2.24. The van der Waals surface area contributed by atoms with Crippen LogP contribution in [0.5, 0.6) is 0 Å². The molecule has 1 aromatic heterocycles. The molecule has 19 heavy (non-hydrogen) atoms. The molecule has 5 heteroatoms. The van der Waals surface area contributed by atoms with Crippen molar-refractivity contribution >= 4 is 32.9 Å². The van der Waals surface area contributed by atoms with Gasteiger partial charge in [-0.2, -0.15) is 0 Å². The summed E-state index contributed by atoms with van der Waals surface area (Å²) in [5, 5.41) is 9.15. The van der Waals surface area contributed by atoms with E-state index in [4.69, 9.17) is 5.11 Å². The van der Waals surface area contributed by atoms with Crippen LogP contribution in [0.1, 0.15) is 10.4 Å².